The van der Waals surface area contributed by atoms with E-state index in [1.54, 1.807) is 25.1 Å². The molecule has 108 valence electrons. The van der Waals surface area contributed by atoms with Crippen LogP contribution in [0, 0.1) is 18.8 Å². The molecule has 1 aromatic carbocycles. The number of aromatic nitrogens is 2. The first kappa shape index (κ1) is 15.4. The molecule has 0 spiro atoms. The molecule has 7 heteroatoms. The molecule has 0 saturated carbocycles. The summed E-state index contributed by atoms with van der Waals surface area (Å²) in [5.41, 5.74) is 1.74. The molecule has 2 N–H and O–H groups in total. The fourth-order valence-electron chi connectivity index (χ4n) is 1.56. The number of aliphatic hydroxyl groups excluding tert-OH is 1. The van der Waals surface area contributed by atoms with Crippen LogP contribution in [0.5, 0.6) is 0 Å². The fourth-order valence-corrected chi connectivity index (χ4v) is 2.29. The molecule has 2 rings (SSSR count). The van der Waals surface area contributed by atoms with E-state index in [4.69, 9.17) is 16.7 Å². The molecule has 1 amide bonds. The number of aryl methyl sites for hydroxylation is 1. The van der Waals surface area contributed by atoms with Gasteiger partial charge in [-0.25, -0.2) is 0 Å². The van der Waals surface area contributed by atoms with Gasteiger partial charge in [0.25, 0.3) is 5.91 Å². The molecule has 5 nitrogen and oxygen atoms in total. The number of benzene rings is 1. The smallest absolute Gasteiger partial charge is 0.269 e. The normalized spacial score (nSPS) is 9.86. The summed E-state index contributed by atoms with van der Waals surface area (Å²) < 4.78 is 3.74. The zero-order valence-corrected chi connectivity index (χ0v) is 12.8. The Morgan fingerprint density at radius 2 is 2.33 bits per heavy atom. The quantitative estimate of drug-likeness (QED) is 0.852. The predicted octanol–water partition coefficient (Wildman–Crippen LogP) is 2.49. The summed E-state index contributed by atoms with van der Waals surface area (Å²) in [5.74, 6) is 5.41. The molecule has 0 aliphatic heterocycles. The van der Waals surface area contributed by atoms with Crippen LogP contribution in [0.1, 0.15) is 27.3 Å². The molecular formula is C14H12ClN3O2S. The van der Waals surface area contributed by atoms with Gasteiger partial charge in [-0.15, -0.1) is 5.10 Å². The van der Waals surface area contributed by atoms with Crippen molar-refractivity contribution in [3.63, 3.8) is 0 Å². The van der Waals surface area contributed by atoms with Crippen molar-refractivity contribution in [2.75, 3.05) is 11.9 Å². The number of carbonyl (C=O) groups is 1. The van der Waals surface area contributed by atoms with E-state index in [1.807, 2.05) is 0 Å². The first-order chi connectivity index (χ1) is 10.1. The largest absolute Gasteiger partial charge is 0.395 e. The van der Waals surface area contributed by atoms with E-state index in [1.165, 1.54) is 0 Å². The van der Waals surface area contributed by atoms with E-state index in [2.05, 4.69) is 26.7 Å². The Hall–Kier alpha value is -1.94. The molecule has 0 aliphatic rings. The highest BCUT2D eigenvalue weighted by molar-refractivity contribution is 7.08. The molecule has 0 saturated heterocycles. The van der Waals surface area contributed by atoms with Crippen LogP contribution in [0.4, 0.5) is 5.69 Å². The number of rotatable bonds is 3. The van der Waals surface area contributed by atoms with Crippen molar-refractivity contribution >= 4 is 34.7 Å². The highest BCUT2D eigenvalue weighted by Crippen LogP contribution is 2.21. The lowest BCUT2D eigenvalue weighted by Gasteiger charge is -2.07. The highest BCUT2D eigenvalue weighted by atomic mass is 35.5. The molecule has 0 bridgehead atoms. The van der Waals surface area contributed by atoms with E-state index in [0.717, 1.165) is 11.5 Å². The van der Waals surface area contributed by atoms with Gasteiger partial charge in [0.15, 0.2) is 0 Å². The van der Waals surface area contributed by atoms with Crippen molar-refractivity contribution in [1.29, 1.82) is 0 Å². The van der Waals surface area contributed by atoms with Crippen LogP contribution in [0.25, 0.3) is 0 Å². The van der Waals surface area contributed by atoms with Gasteiger partial charge < -0.3 is 10.4 Å². The maximum Gasteiger partial charge on any atom is 0.269 e. The van der Waals surface area contributed by atoms with Crippen LogP contribution < -0.4 is 5.32 Å². The summed E-state index contributed by atoms with van der Waals surface area (Å²) in [6, 6.07) is 5.03. The lowest BCUT2D eigenvalue weighted by Crippen LogP contribution is -2.12. The third-order valence-electron chi connectivity index (χ3n) is 2.55. The van der Waals surface area contributed by atoms with Crippen molar-refractivity contribution in [1.82, 2.24) is 9.59 Å². The Kier molecular flexibility index (Phi) is 5.28. The zero-order valence-electron chi connectivity index (χ0n) is 11.2. The number of halogens is 1. The highest BCUT2D eigenvalue weighted by Gasteiger charge is 2.14. The van der Waals surface area contributed by atoms with E-state index >= 15 is 0 Å². The summed E-state index contributed by atoms with van der Waals surface area (Å²) in [5, 5.41) is 15.9. The molecule has 0 unspecified atom stereocenters. The second-order valence-corrected chi connectivity index (χ2v) is 5.30. The van der Waals surface area contributed by atoms with Crippen molar-refractivity contribution in [3.05, 3.63) is 39.4 Å². The minimum Gasteiger partial charge on any atom is -0.395 e. The fraction of sp³-hybridized carbons (Fsp3) is 0.214. The minimum absolute atomic E-state index is 0.0129. The first-order valence-corrected chi connectivity index (χ1v) is 7.26. The van der Waals surface area contributed by atoms with Crippen LogP contribution in [0.3, 0.4) is 0 Å². The van der Waals surface area contributed by atoms with E-state index in [0.29, 0.717) is 33.3 Å². The van der Waals surface area contributed by atoms with Crippen LogP contribution >= 0.6 is 23.1 Å². The molecule has 2 aromatic rings. The number of aliphatic hydroxyl groups is 1. The topological polar surface area (TPSA) is 75.1 Å². The van der Waals surface area contributed by atoms with E-state index in [-0.39, 0.29) is 12.5 Å². The summed E-state index contributed by atoms with van der Waals surface area (Å²) in [6.45, 7) is 1.71. The molecule has 1 heterocycles. The summed E-state index contributed by atoms with van der Waals surface area (Å²) in [4.78, 5) is 12.6. The van der Waals surface area contributed by atoms with Crippen LogP contribution in [-0.2, 0) is 0 Å². The van der Waals surface area contributed by atoms with Gasteiger partial charge >= 0.3 is 0 Å². The standard InChI is InChI=1S/C14H12ClN3O2S/c1-9-13(21-18-17-9)14(20)16-12-6-5-11(15)8-10(12)4-2-3-7-19/h5-6,8,19H,3,7H2,1H3,(H,16,20). The molecule has 0 fully saturated rings. The second-order valence-electron chi connectivity index (χ2n) is 4.11. The maximum absolute atomic E-state index is 12.2. The summed E-state index contributed by atoms with van der Waals surface area (Å²) in [6.07, 6.45) is 0.359. The lowest BCUT2D eigenvalue weighted by atomic mass is 10.1. The van der Waals surface area contributed by atoms with Gasteiger partial charge in [-0.3, -0.25) is 4.79 Å². The number of nitrogens with one attached hydrogen (secondary N) is 1. The Morgan fingerprint density at radius 1 is 1.52 bits per heavy atom. The monoisotopic (exact) mass is 321 g/mol. The van der Waals surface area contributed by atoms with Gasteiger partial charge in [-0.1, -0.05) is 27.9 Å². The number of nitrogens with zero attached hydrogens (tertiary/aromatic N) is 2. The number of carbonyl (C=O) groups excluding carboxylic acids is 1. The third-order valence-corrected chi connectivity index (χ3v) is 3.61. The van der Waals surface area contributed by atoms with Crippen LogP contribution in [0.15, 0.2) is 18.2 Å². The van der Waals surface area contributed by atoms with E-state index < -0.39 is 0 Å². The van der Waals surface area contributed by atoms with Crippen LogP contribution in [-0.4, -0.2) is 27.2 Å². The van der Waals surface area contributed by atoms with Gasteiger partial charge in [-0.2, -0.15) is 0 Å². The van der Waals surface area contributed by atoms with Gasteiger partial charge in [0.2, 0.25) is 0 Å². The van der Waals surface area contributed by atoms with Crippen molar-refractivity contribution in [2.45, 2.75) is 13.3 Å². The molecular weight excluding hydrogens is 310 g/mol. The Balaban J connectivity index is 2.26. The number of hydrogen-bond donors (Lipinski definition) is 2. The average molecular weight is 322 g/mol. The number of amides is 1. The van der Waals surface area contributed by atoms with Crippen molar-refractivity contribution in [2.24, 2.45) is 0 Å². The Bertz CT molecular complexity index is 718. The van der Waals surface area contributed by atoms with Gasteiger partial charge in [0.1, 0.15) is 4.88 Å². The second kappa shape index (κ2) is 7.18. The Labute approximate surface area is 131 Å². The minimum atomic E-state index is -0.282. The third kappa shape index (κ3) is 4.02. The molecule has 21 heavy (non-hydrogen) atoms. The molecule has 0 aliphatic carbocycles. The van der Waals surface area contributed by atoms with Gasteiger partial charge in [0, 0.05) is 17.0 Å². The molecule has 0 atom stereocenters. The van der Waals surface area contributed by atoms with Gasteiger partial charge in [-0.05, 0) is 36.7 Å². The summed E-state index contributed by atoms with van der Waals surface area (Å²) >= 11 is 6.98. The first-order valence-electron chi connectivity index (χ1n) is 6.11. The zero-order chi connectivity index (χ0) is 15.2. The van der Waals surface area contributed by atoms with Crippen molar-refractivity contribution < 1.29 is 9.90 Å². The SMILES string of the molecule is Cc1nnsc1C(=O)Nc1ccc(Cl)cc1C#CCCO. The average Bonchev–Trinajstić information content (AvgIpc) is 2.88. The van der Waals surface area contributed by atoms with Gasteiger partial charge in [0.05, 0.1) is 18.0 Å². The van der Waals surface area contributed by atoms with Crippen LogP contribution in [0.2, 0.25) is 5.02 Å². The maximum atomic E-state index is 12.2. The predicted molar refractivity (Wildman–Crippen MR) is 82.6 cm³/mol. The number of hydrogen-bond acceptors (Lipinski definition) is 5. The number of anilines is 1. The Morgan fingerprint density at radius 3 is 3.00 bits per heavy atom. The summed E-state index contributed by atoms with van der Waals surface area (Å²) in [7, 11) is 0. The van der Waals surface area contributed by atoms with E-state index in [9.17, 15) is 4.79 Å². The molecule has 1 aromatic heterocycles. The lowest BCUT2D eigenvalue weighted by molar-refractivity contribution is 0.103. The van der Waals surface area contributed by atoms with Crippen molar-refractivity contribution in [3.8, 4) is 11.8 Å². The molecule has 0 radical (unpaired) electrons.